The molecule has 0 heterocycles. The molecular weight excluding hydrogens is 160 g/mol. The number of benzene rings is 1. The summed E-state index contributed by atoms with van der Waals surface area (Å²) in [5.74, 6) is 0.259. The molecule has 0 spiro atoms. The maximum absolute atomic E-state index is 9.74. The molecule has 1 N–H and O–H groups in total. The van der Waals surface area contributed by atoms with Crippen LogP contribution in [0.2, 0.25) is 0 Å². The maximum Gasteiger partial charge on any atom is 0.0812 e. The van der Waals surface area contributed by atoms with Gasteiger partial charge in [-0.2, -0.15) is 0 Å². The molecule has 0 aliphatic carbocycles. The molecule has 13 heavy (non-hydrogen) atoms. The van der Waals surface area contributed by atoms with Crippen LogP contribution in [-0.4, -0.2) is 5.11 Å². The monoisotopic (exact) mass is 176 g/mol. The van der Waals surface area contributed by atoms with Crippen molar-refractivity contribution in [1.29, 1.82) is 0 Å². The lowest BCUT2D eigenvalue weighted by atomic mass is 9.98. The molecule has 0 bridgehead atoms. The van der Waals surface area contributed by atoms with Gasteiger partial charge in [-0.1, -0.05) is 50.8 Å². The lowest BCUT2D eigenvalue weighted by Gasteiger charge is -2.14. The normalized spacial score (nSPS) is 12.9. The van der Waals surface area contributed by atoms with Gasteiger partial charge in [0.2, 0.25) is 0 Å². The van der Waals surface area contributed by atoms with Crippen LogP contribution in [0.5, 0.6) is 0 Å². The zero-order valence-electron chi connectivity index (χ0n) is 8.20. The van der Waals surface area contributed by atoms with Gasteiger partial charge in [0.05, 0.1) is 6.10 Å². The van der Waals surface area contributed by atoms with Crippen molar-refractivity contribution in [2.45, 2.75) is 20.0 Å². The Kier molecular flexibility index (Phi) is 3.26. The third-order valence-electron chi connectivity index (χ3n) is 2.15. The Morgan fingerprint density at radius 1 is 1.23 bits per heavy atom. The van der Waals surface area contributed by atoms with Crippen molar-refractivity contribution in [3.8, 4) is 0 Å². The van der Waals surface area contributed by atoms with Crippen molar-refractivity contribution in [2.24, 2.45) is 5.92 Å². The third-order valence-corrected chi connectivity index (χ3v) is 2.15. The predicted molar refractivity (Wildman–Crippen MR) is 56.3 cm³/mol. The lowest BCUT2D eigenvalue weighted by molar-refractivity contribution is 0.127. The number of hydrogen-bond donors (Lipinski definition) is 1. The lowest BCUT2D eigenvalue weighted by Crippen LogP contribution is -2.04. The fourth-order valence-corrected chi connectivity index (χ4v) is 1.21. The highest BCUT2D eigenvalue weighted by molar-refractivity contribution is 5.47. The van der Waals surface area contributed by atoms with Gasteiger partial charge in [-0.15, -0.1) is 0 Å². The van der Waals surface area contributed by atoms with Gasteiger partial charge in [0, 0.05) is 0 Å². The van der Waals surface area contributed by atoms with Crippen LogP contribution < -0.4 is 0 Å². The first-order chi connectivity index (χ1) is 6.15. The van der Waals surface area contributed by atoms with Crippen LogP contribution in [0, 0.1) is 5.92 Å². The first kappa shape index (κ1) is 10.0. The second kappa shape index (κ2) is 4.24. The van der Waals surface area contributed by atoms with Gasteiger partial charge in [0.25, 0.3) is 0 Å². The van der Waals surface area contributed by atoms with Gasteiger partial charge >= 0.3 is 0 Å². The summed E-state index contributed by atoms with van der Waals surface area (Å²) in [6.07, 6.45) is 1.43. The van der Waals surface area contributed by atoms with Crippen LogP contribution in [-0.2, 0) is 0 Å². The topological polar surface area (TPSA) is 20.2 Å². The van der Waals surface area contributed by atoms with Gasteiger partial charge in [0.1, 0.15) is 0 Å². The zero-order chi connectivity index (χ0) is 9.84. The van der Waals surface area contributed by atoms with E-state index in [0.717, 1.165) is 11.1 Å². The Labute approximate surface area is 79.7 Å². The van der Waals surface area contributed by atoms with E-state index < -0.39 is 0 Å². The van der Waals surface area contributed by atoms with Gasteiger partial charge in [0.15, 0.2) is 0 Å². The summed E-state index contributed by atoms with van der Waals surface area (Å²) in [6.45, 7) is 7.69. The standard InChI is InChI=1S/C12H16O/c1-4-10-5-7-11(8-6-10)12(13)9(2)3/h4-9,12-13H,1H2,2-3H3. The summed E-state index contributed by atoms with van der Waals surface area (Å²) in [7, 11) is 0. The van der Waals surface area contributed by atoms with Crippen molar-refractivity contribution in [2.75, 3.05) is 0 Å². The van der Waals surface area contributed by atoms with Crippen LogP contribution in [0.3, 0.4) is 0 Å². The van der Waals surface area contributed by atoms with E-state index in [1.54, 1.807) is 6.08 Å². The van der Waals surface area contributed by atoms with Crippen molar-refractivity contribution < 1.29 is 5.11 Å². The molecule has 70 valence electrons. The minimum Gasteiger partial charge on any atom is -0.388 e. The van der Waals surface area contributed by atoms with Crippen molar-refractivity contribution in [1.82, 2.24) is 0 Å². The minimum absolute atomic E-state index is 0.259. The predicted octanol–water partition coefficient (Wildman–Crippen LogP) is 3.02. The summed E-state index contributed by atoms with van der Waals surface area (Å²) in [4.78, 5) is 0. The van der Waals surface area contributed by atoms with Crippen LogP contribution in [0.1, 0.15) is 31.1 Å². The second-order valence-corrected chi connectivity index (χ2v) is 3.56. The number of rotatable bonds is 3. The summed E-state index contributed by atoms with van der Waals surface area (Å²) in [5, 5.41) is 9.74. The molecule has 1 aromatic carbocycles. The number of hydrogen-bond acceptors (Lipinski definition) is 1. The highest BCUT2D eigenvalue weighted by Crippen LogP contribution is 2.21. The van der Waals surface area contributed by atoms with Gasteiger partial charge < -0.3 is 5.11 Å². The first-order valence-corrected chi connectivity index (χ1v) is 4.55. The summed E-state index contributed by atoms with van der Waals surface area (Å²) in [6, 6.07) is 7.82. The van der Waals surface area contributed by atoms with Gasteiger partial charge in [-0.25, -0.2) is 0 Å². The van der Waals surface area contributed by atoms with E-state index in [9.17, 15) is 5.11 Å². The average molecular weight is 176 g/mol. The molecule has 0 fully saturated rings. The van der Waals surface area contributed by atoms with Crippen LogP contribution in [0.4, 0.5) is 0 Å². The van der Waals surface area contributed by atoms with Crippen molar-refractivity contribution >= 4 is 6.08 Å². The molecule has 0 saturated heterocycles. The molecule has 0 saturated carbocycles. The van der Waals surface area contributed by atoms with E-state index in [-0.39, 0.29) is 12.0 Å². The third kappa shape index (κ3) is 2.43. The zero-order valence-corrected chi connectivity index (χ0v) is 8.20. The molecule has 1 nitrogen and oxygen atoms in total. The van der Waals surface area contributed by atoms with E-state index in [1.165, 1.54) is 0 Å². The Hall–Kier alpha value is -1.08. The maximum atomic E-state index is 9.74. The fourth-order valence-electron chi connectivity index (χ4n) is 1.21. The van der Waals surface area contributed by atoms with E-state index in [0.29, 0.717) is 0 Å². The molecule has 0 aliphatic heterocycles. The molecule has 1 aromatic rings. The van der Waals surface area contributed by atoms with Crippen molar-refractivity contribution in [3.63, 3.8) is 0 Å². The molecule has 1 rings (SSSR count). The molecule has 1 heteroatoms. The molecule has 1 unspecified atom stereocenters. The highest BCUT2D eigenvalue weighted by atomic mass is 16.3. The molecule has 0 radical (unpaired) electrons. The molecular formula is C12H16O. The Morgan fingerprint density at radius 3 is 2.15 bits per heavy atom. The number of aliphatic hydroxyl groups excluding tert-OH is 1. The minimum atomic E-state index is -0.362. The van der Waals surface area contributed by atoms with E-state index in [2.05, 4.69) is 6.58 Å². The van der Waals surface area contributed by atoms with Gasteiger partial charge in [-0.3, -0.25) is 0 Å². The van der Waals surface area contributed by atoms with Gasteiger partial charge in [-0.05, 0) is 17.0 Å². The SMILES string of the molecule is C=Cc1ccc(C(O)C(C)C)cc1. The molecule has 0 amide bonds. The van der Waals surface area contributed by atoms with Crippen molar-refractivity contribution in [3.05, 3.63) is 42.0 Å². The Balaban J connectivity index is 2.85. The smallest absolute Gasteiger partial charge is 0.0812 e. The summed E-state index contributed by atoms with van der Waals surface area (Å²) < 4.78 is 0. The first-order valence-electron chi connectivity index (χ1n) is 4.55. The molecule has 1 atom stereocenters. The average Bonchev–Trinajstić information content (AvgIpc) is 2.17. The summed E-state index contributed by atoms with van der Waals surface area (Å²) in [5.41, 5.74) is 2.06. The number of aliphatic hydroxyl groups is 1. The largest absolute Gasteiger partial charge is 0.388 e. The highest BCUT2D eigenvalue weighted by Gasteiger charge is 2.10. The molecule has 0 aromatic heterocycles. The molecule has 0 aliphatic rings. The van der Waals surface area contributed by atoms with Crippen LogP contribution in [0.15, 0.2) is 30.8 Å². The Morgan fingerprint density at radius 2 is 1.77 bits per heavy atom. The van der Waals surface area contributed by atoms with Crippen LogP contribution >= 0.6 is 0 Å². The fraction of sp³-hybridized carbons (Fsp3) is 0.333. The Bertz CT molecular complexity index is 272. The summed E-state index contributed by atoms with van der Waals surface area (Å²) >= 11 is 0. The second-order valence-electron chi connectivity index (χ2n) is 3.56. The van der Waals surface area contributed by atoms with Crippen LogP contribution in [0.25, 0.3) is 6.08 Å². The van der Waals surface area contributed by atoms with E-state index in [1.807, 2.05) is 38.1 Å². The van der Waals surface area contributed by atoms with E-state index >= 15 is 0 Å². The quantitative estimate of drug-likeness (QED) is 0.750. The van der Waals surface area contributed by atoms with E-state index in [4.69, 9.17) is 0 Å².